The van der Waals surface area contributed by atoms with Crippen molar-refractivity contribution in [2.45, 2.75) is 38.0 Å². The van der Waals surface area contributed by atoms with E-state index < -0.39 is 17.6 Å². The zero-order valence-corrected chi connectivity index (χ0v) is 13.5. The van der Waals surface area contributed by atoms with Crippen molar-refractivity contribution in [1.29, 1.82) is 0 Å². The zero-order valence-electron chi connectivity index (χ0n) is 13.5. The monoisotopic (exact) mass is 347 g/mol. The summed E-state index contributed by atoms with van der Waals surface area (Å²) >= 11 is 0. The number of carboxylic acids is 1. The third kappa shape index (κ3) is 4.54. The van der Waals surface area contributed by atoms with Crippen LogP contribution in [0.3, 0.4) is 0 Å². The molecule has 1 aliphatic carbocycles. The fourth-order valence-electron chi connectivity index (χ4n) is 3.14. The van der Waals surface area contributed by atoms with E-state index >= 15 is 0 Å². The summed E-state index contributed by atoms with van der Waals surface area (Å²) in [6.07, 6.45) is 2.46. The summed E-state index contributed by atoms with van der Waals surface area (Å²) in [6, 6.07) is 9.94. The van der Waals surface area contributed by atoms with Crippen LogP contribution in [0.2, 0.25) is 0 Å². The Morgan fingerprint density at radius 2 is 1.92 bits per heavy atom. The van der Waals surface area contributed by atoms with E-state index in [4.69, 9.17) is 9.84 Å². The third-order valence-corrected chi connectivity index (χ3v) is 4.32. The Labute approximate surface area is 144 Å². The molecule has 2 atom stereocenters. The number of benzene rings is 2. The molecule has 0 aromatic heterocycles. The summed E-state index contributed by atoms with van der Waals surface area (Å²) in [5, 5.41) is 12.4. The van der Waals surface area contributed by atoms with Crippen LogP contribution in [0.25, 0.3) is 0 Å². The summed E-state index contributed by atoms with van der Waals surface area (Å²) in [6.45, 7) is 0.503. The van der Waals surface area contributed by atoms with Gasteiger partial charge in [-0.2, -0.15) is 0 Å². The summed E-state index contributed by atoms with van der Waals surface area (Å²) in [5.74, 6) is -2.10. The lowest BCUT2D eigenvalue weighted by molar-refractivity contribution is 0.0696. The Balaban J connectivity index is 1.62. The average Bonchev–Trinajstić information content (AvgIpc) is 2.99. The molecule has 1 saturated carbocycles. The minimum atomic E-state index is -0.961. The van der Waals surface area contributed by atoms with Gasteiger partial charge in [-0.05, 0) is 37.0 Å². The van der Waals surface area contributed by atoms with Crippen LogP contribution < -0.4 is 10.1 Å². The molecule has 25 heavy (non-hydrogen) atoms. The molecule has 0 amide bonds. The van der Waals surface area contributed by atoms with Gasteiger partial charge in [0.05, 0.1) is 5.56 Å². The maximum Gasteiger partial charge on any atom is 0.335 e. The number of rotatable bonds is 6. The van der Waals surface area contributed by atoms with Gasteiger partial charge in [0.2, 0.25) is 0 Å². The van der Waals surface area contributed by atoms with Crippen LogP contribution in [-0.4, -0.2) is 23.2 Å². The van der Waals surface area contributed by atoms with Crippen molar-refractivity contribution in [2.24, 2.45) is 0 Å². The fraction of sp³-hybridized carbons (Fsp3) is 0.316. The van der Waals surface area contributed by atoms with E-state index in [-0.39, 0.29) is 23.5 Å². The molecule has 1 aliphatic rings. The number of nitrogens with one attached hydrogen (secondary N) is 1. The number of aromatic carboxylic acids is 1. The zero-order chi connectivity index (χ0) is 17.8. The largest absolute Gasteiger partial charge is 0.489 e. The van der Waals surface area contributed by atoms with Crippen molar-refractivity contribution < 1.29 is 23.4 Å². The second-order valence-corrected chi connectivity index (χ2v) is 6.19. The Kier molecular flexibility index (Phi) is 5.28. The molecule has 132 valence electrons. The van der Waals surface area contributed by atoms with Crippen molar-refractivity contribution in [3.05, 3.63) is 65.2 Å². The highest BCUT2D eigenvalue weighted by atomic mass is 19.1. The van der Waals surface area contributed by atoms with Crippen molar-refractivity contribution in [1.82, 2.24) is 5.32 Å². The van der Waals surface area contributed by atoms with E-state index in [9.17, 15) is 13.6 Å². The highest BCUT2D eigenvalue weighted by Crippen LogP contribution is 2.26. The molecular formula is C19H19F2NO3. The lowest BCUT2D eigenvalue weighted by Crippen LogP contribution is -2.38. The molecule has 3 rings (SSSR count). The first-order chi connectivity index (χ1) is 12.0. The molecule has 0 bridgehead atoms. The van der Waals surface area contributed by atoms with Crippen LogP contribution in [-0.2, 0) is 6.54 Å². The third-order valence-electron chi connectivity index (χ3n) is 4.32. The molecule has 6 heteroatoms. The van der Waals surface area contributed by atoms with Gasteiger partial charge in [0, 0.05) is 30.8 Å². The number of ether oxygens (including phenoxy) is 1. The normalized spacial score (nSPS) is 19.8. The predicted molar refractivity (Wildman–Crippen MR) is 88.7 cm³/mol. The van der Waals surface area contributed by atoms with E-state index in [1.165, 1.54) is 12.1 Å². The molecule has 0 radical (unpaired) electrons. The topological polar surface area (TPSA) is 58.6 Å². The highest BCUT2D eigenvalue weighted by molar-refractivity contribution is 5.87. The number of carbonyl (C=O) groups is 1. The first-order valence-corrected chi connectivity index (χ1v) is 8.19. The van der Waals surface area contributed by atoms with Gasteiger partial charge in [0.1, 0.15) is 23.5 Å². The van der Waals surface area contributed by atoms with Crippen molar-refractivity contribution in [3.8, 4) is 5.75 Å². The van der Waals surface area contributed by atoms with Gasteiger partial charge in [0.25, 0.3) is 0 Å². The summed E-state index contributed by atoms with van der Waals surface area (Å²) in [4.78, 5) is 11.0. The summed E-state index contributed by atoms with van der Waals surface area (Å²) in [5.41, 5.74) is 1.11. The van der Waals surface area contributed by atoms with Crippen molar-refractivity contribution in [3.63, 3.8) is 0 Å². The standard InChI is InChI=1S/C19H19F2NO3/c20-14-8-15(21)10-16(9-14)25-18-6-2-5-17(18)22-11-12-3-1-4-13(7-12)19(23)24/h1,3-4,7-10,17-18,22H,2,5-6,11H2,(H,23,24)/t17-,18+/m0/s1. The van der Waals surface area contributed by atoms with Crippen molar-refractivity contribution in [2.75, 3.05) is 0 Å². The molecule has 0 aliphatic heterocycles. The van der Waals surface area contributed by atoms with Crippen LogP contribution in [0.4, 0.5) is 8.78 Å². The van der Waals surface area contributed by atoms with Gasteiger partial charge in [-0.25, -0.2) is 13.6 Å². The van der Waals surface area contributed by atoms with Crippen LogP contribution in [0.5, 0.6) is 5.75 Å². The molecule has 2 N–H and O–H groups in total. The second-order valence-electron chi connectivity index (χ2n) is 6.19. The number of carboxylic acid groups (broad SMARTS) is 1. The minimum absolute atomic E-state index is 0.0415. The maximum absolute atomic E-state index is 13.3. The summed E-state index contributed by atoms with van der Waals surface area (Å²) < 4.78 is 32.3. The molecule has 0 spiro atoms. The highest BCUT2D eigenvalue weighted by Gasteiger charge is 2.28. The minimum Gasteiger partial charge on any atom is -0.489 e. The van der Waals surface area contributed by atoms with E-state index in [0.29, 0.717) is 6.54 Å². The lowest BCUT2D eigenvalue weighted by atomic mass is 10.1. The molecule has 2 aromatic rings. The number of halogens is 2. The lowest BCUT2D eigenvalue weighted by Gasteiger charge is -2.22. The predicted octanol–water partition coefficient (Wildman–Crippen LogP) is 3.75. The molecule has 0 unspecified atom stereocenters. The Hall–Kier alpha value is -2.47. The second kappa shape index (κ2) is 7.61. The van der Waals surface area contributed by atoms with E-state index in [1.807, 2.05) is 6.07 Å². The average molecular weight is 347 g/mol. The summed E-state index contributed by atoms with van der Waals surface area (Å²) in [7, 11) is 0. The molecule has 4 nitrogen and oxygen atoms in total. The van der Waals surface area contributed by atoms with E-state index in [0.717, 1.165) is 30.9 Å². The smallest absolute Gasteiger partial charge is 0.335 e. The molecule has 2 aromatic carbocycles. The first-order valence-electron chi connectivity index (χ1n) is 8.19. The quantitative estimate of drug-likeness (QED) is 0.835. The van der Waals surface area contributed by atoms with Crippen molar-refractivity contribution >= 4 is 5.97 Å². The first kappa shape index (κ1) is 17.4. The van der Waals surface area contributed by atoms with E-state index in [1.54, 1.807) is 18.2 Å². The van der Waals surface area contributed by atoms with Gasteiger partial charge in [-0.1, -0.05) is 12.1 Å². The van der Waals surface area contributed by atoms with Gasteiger partial charge in [-0.15, -0.1) is 0 Å². The van der Waals surface area contributed by atoms with Crippen LogP contribution in [0, 0.1) is 11.6 Å². The van der Waals surface area contributed by atoms with Gasteiger partial charge in [-0.3, -0.25) is 0 Å². The van der Waals surface area contributed by atoms with E-state index in [2.05, 4.69) is 5.32 Å². The van der Waals surface area contributed by atoms with Gasteiger partial charge in [0.15, 0.2) is 0 Å². The van der Waals surface area contributed by atoms with Crippen LogP contribution in [0.15, 0.2) is 42.5 Å². The SMILES string of the molecule is O=C(O)c1cccc(CN[C@H]2CCC[C@H]2Oc2cc(F)cc(F)c2)c1. The maximum atomic E-state index is 13.3. The van der Waals surface area contributed by atoms with Crippen LogP contribution in [0.1, 0.15) is 35.2 Å². The Morgan fingerprint density at radius 1 is 1.16 bits per heavy atom. The van der Waals surface area contributed by atoms with Gasteiger partial charge >= 0.3 is 5.97 Å². The van der Waals surface area contributed by atoms with Crippen LogP contribution >= 0.6 is 0 Å². The molecule has 1 fully saturated rings. The Morgan fingerprint density at radius 3 is 2.64 bits per heavy atom. The molecule has 0 heterocycles. The Bertz CT molecular complexity index is 746. The van der Waals surface area contributed by atoms with Gasteiger partial charge < -0.3 is 15.2 Å². The number of hydrogen-bond donors (Lipinski definition) is 2. The number of hydrogen-bond acceptors (Lipinski definition) is 3. The fourth-order valence-corrected chi connectivity index (χ4v) is 3.14. The molecule has 0 saturated heterocycles. The molecular weight excluding hydrogens is 328 g/mol.